The van der Waals surface area contributed by atoms with Gasteiger partial charge < -0.3 is 10.0 Å². The first-order valence-corrected chi connectivity index (χ1v) is 10.1. The van der Waals surface area contributed by atoms with E-state index in [1.165, 1.54) is 36.1 Å². The second kappa shape index (κ2) is 8.39. The highest BCUT2D eigenvalue weighted by atomic mass is 16.3. The summed E-state index contributed by atoms with van der Waals surface area (Å²) >= 11 is 0. The summed E-state index contributed by atoms with van der Waals surface area (Å²) < 4.78 is 0. The largest absolute Gasteiger partial charge is 0.395 e. The molecule has 0 radical (unpaired) electrons. The summed E-state index contributed by atoms with van der Waals surface area (Å²) in [6.45, 7) is 3.65. The molecule has 3 nitrogen and oxygen atoms in total. The molecule has 0 aromatic heterocycles. The van der Waals surface area contributed by atoms with Crippen molar-refractivity contribution in [1.82, 2.24) is 9.80 Å². The molecule has 4 rings (SSSR count). The van der Waals surface area contributed by atoms with Crippen molar-refractivity contribution in [3.05, 3.63) is 71.3 Å². The van der Waals surface area contributed by atoms with Crippen LogP contribution in [-0.4, -0.2) is 60.3 Å². The predicted octanol–water partition coefficient (Wildman–Crippen LogP) is 3.71. The molecular formula is C24H30N2O. The Kier molecular flexibility index (Phi) is 5.72. The van der Waals surface area contributed by atoms with Crippen molar-refractivity contribution in [2.75, 3.05) is 33.3 Å². The zero-order chi connectivity index (χ0) is 18.6. The minimum Gasteiger partial charge on any atom is -0.395 e. The van der Waals surface area contributed by atoms with E-state index in [9.17, 15) is 5.11 Å². The van der Waals surface area contributed by atoms with Gasteiger partial charge in [-0.1, -0.05) is 66.7 Å². The van der Waals surface area contributed by atoms with Gasteiger partial charge in [0.2, 0.25) is 0 Å². The molecule has 2 aromatic rings. The Bertz CT molecular complexity index is 756. The van der Waals surface area contributed by atoms with Crippen LogP contribution in [0, 0.1) is 0 Å². The molecule has 0 unspecified atom stereocenters. The van der Waals surface area contributed by atoms with Crippen LogP contribution in [0.1, 0.15) is 35.4 Å². The zero-order valence-electron chi connectivity index (χ0n) is 16.2. The van der Waals surface area contributed by atoms with Gasteiger partial charge in [0.1, 0.15) is 0 Å². The van der Waals surface area contributed by atoms with Crippen LogP contribution in [0.25, 0.3) is 12.2 Å². The van der Waals surface area contributed by atoms with Crippen LogP contribution in [0.3, 0.4) is 0 Å². The average Bonchev–Trinajstić information content (AvgIpc) is 2.69. The third-order valence-electron chi connectivity index (χ3n) is 6.16. The maximum absolute atomic E-state index is 9.98. The summed E-state index contributed by atoms with van der Waals surface area (Å²) in [5.41, 5.74) is 3.80. The highest BCUT2D eigenvalue weighted by Gasteiger charge is 2.48. The van der Waals surface area contributed by atoms with E-state index >= 15 is 0 Å². The van der Waals surface area contributed by atoms with Crippen LogP contribution >= 0.6 is 0 Å². The second-order valence-electron chi connectivity index (χ2n) is 7.96. The Hall–Kier alpha value is -1.94. The quantitative estimate of drug-likeness (QED) is 0.840. The van der Waals surface area contributed by atoms with Gasteiger partial charge in [-0.3, -0.25) is 4.90 Å². The van der Waals surface area contributed by atoms with Crippen LogP contribution in [0.2, 0.25) is 0 Å². The molecule has 3 heteroatoms. The van der Waals surface area contributed by atoms with Crippen LogP contribution < -0.4 is 0 Å². The number of nitrogens with zero attached hydrogens (tertiary/aromatic N) is 2. The number of fused-ring (bicyclic) bond motifs is 1. The first-order chi connectivity index (χ1) is 13.3. The Morgan fingerprint density at radius 2 is 1.59 bits per heavy atom. The molecule has 27 heavy (non-hydrogen) atoms. The highest BCUT2D eigenvalue weighted by molar-refractivity contribution is 5.69. The van der Waals surface area contributed by atoms with E-state index in [2.05, 4.69) is 77.5 Å². The zero-order valence-corrected chi connectivity index (χ0v) is 16.2. The summed E-state index contributed by atoms with van der Waals surface area (Å²) in [6, 6.07) is 20.1. The van der Waals surface area contributed by atoms with Crippen molar-refractivity contribution in [2.45, 2.75) is 30.8 Å². The van der Waals surface area contributed by atoms with Crippen LogP contribution in [0.4, 0.5) is 0 Å². The molecule has 2 aliphatic heterocycles. The number of hydrogen-bond donors (Lipinski definition) is 1. The van der Waals surface area contributed by atoms with Crippen molar-refractivity contribution in [1.29, 1.82) is 0 Å². The van der Waals surface area contributed by atoms with E-state index in [1.54, 1.807) is 0 Å². The summed E-state index contributed by atoms with van der Waals surface area (Å²) in [5, 5.41) is 9.98. The third kappa shape index (κ3) is 4.01. The molecule has 0 bridgehead atoms. The van der Waals surface area contributed by atoms with Gasteiger partial charge in [0.15, 0.2) is 0 Å². The lowest BCUT2D eigenvalue weighted by Crippen LogP contribution is -2.67. The fraction of sp³-hybridized carbons (Fsp3) is 0.417. The van der Waals surface area contributed by atoms with Gasteiger partial charge >= 0.3 is 0 Å². The van der Waals surface area contributed by atoms with Crippen molar-refractivity contribution in [3.8, 4) is 0 Å². The molecule has 2 aliphatic rings. The van der Waals surface area contributed by atoms with Gasteiger partial charge in [-0.15, -0.1) is 0 Å². The maximum Gasteiger partial charge on any atom is 0.0593 e. The summed E-state index contributed by atoms with van der Waals surface area (Å²) in [7, 11) is 2.23. The van der Waals surface area contributed by atoms with Crippen molar-refractivity contribution < 1.29 is 5.11 Å². The molecule has 0 spiro atoms. The summed E-state index contributed by atoms with van der Waals surface area (Å²) in [5.74, 6) is 0.433. The number of hydrogen-bond acceptors (Lipinski definition) is 3. The van der Waals surface area contributed by atoms with E-state index in [1.807, 2.05) is 6.07 Å². The standard InChI is InChI=1S/C24H30N2O/c1-25-15-5-6-16-26-22(17-25)24(23(26)18-27)21-13-11-20(12-14-21)10-9-19-7-3-2-4-8-19/h2-4,7-14,22-24,27H,5-6,15-18H2,1H3/b10-9+/t22-,23-,24+/m1/s1. The van der Waals surface area contributed by atoms with Crippen molar-refractivity contribution in [2.24, 2.45) is 0 Å². The molecule has 0 saturated carbocycles. The Labute approximate surface area is 162 Å². The molecule has 3 atom stereocenters. The van der Waals surface area contributed by atoms with Crippen LogP contribution in [0.5, 0.6) is 0 Å². The number of aliphatic hydroxyl groups is 1. The number of benzene rings is 2. The molecule has 0 aliphatic carbocycles. The number of aliphatic hydroxyl groups excluding tert-OH is 1. The number of rotatable bonds is 4. The first kappa shape index (κ1) is 18.4. The van der Waals surface area contributed by atoms with E-state index in [0.717, 1.165) is 13.1 Å². The smallest absolute Gasteiger partial charge is 0.0593 e. The van der Waals surface area contributed by atoms with E-state index in [-0.39, 0.29) is 12.6 Å². The summed E-state index contributed by atoms with van der Waals surface area (Å²) in [4.78, 5) is 4.98. The Morgan fingerprint density at radius 1 is 0.926 bits per heavy atom. The van der Waals surface area contributed by atoms with Gasteiger partial charge in [-0.2, -0.15) is 0 Å². The normalized spacial score (nSPS) is 27.0. The van der Waals surface area contributed by atoms with Gasteiger partial charge in [0.05, 0.1) is 6.61 Å². The molecular weight excluding hydrogens is 332 g/mol. The highest BCUT2D eigenvalue weighted by Crippen LogP contribution is 2.41. The lowest BCUT2D eigenvalue weighted by Gasteiger charge is -2.57. The first-order valence-electron chi connectivity index (χ1n) is 10.1. The second-order valence-corrected chi connectivity index (χ2v) is 7.96. The molecule has 2 fully saturated rings. The number of likely N-dealkylation sites (N-methyl/N-ethyl adjacent to an activating group) is 1. The van der Waals surface area contributed by atoms with E-state index in [0.29, 0.717) is 12.0 Å². The monoisotopic (exact) mass is 362 g/mol. The van der Waals surface area contributed by atoms with Crippen LogP contribution in [0.15, 0.2) is 54.6 Å². The average molecular weight is 363 g/mol. The van der Waals surface area contributed by atoms with Crippen molar-refractivity contribution >= 4 is 12.2 Å². The van der Waals surface area contributed by atoms with E-state index < -0.39 is 0 Å². The van der Waals surface area contributed by atoms with E-state index in [4.69, 9.17) is 0 Å². The van der Waals surface area contributed by atoms with Gasteiger partial charge in [-0.05, 0) is 49.7 Å². The molecule has 0 amide bonds. The third-order valence-corrected chi connectivity index (χ3v) is 6.16. The fourth-order valence-electron chi connectivity index (χ4n) is 4.70. The van der Waals surface area contributed by atoms with Crippen LogP contribution in [-0.2, 0) is 0 Å². The lowest BCUT2D eigenvalue weighted by atomic mass is 9.74. The van der Waals surface area contributed by atoms with Gasteiger partial charge in [0, 0.05) is 24.5 Å². The Balaban J connectivity index is 1.49. The summed E-state index contributed by atoms with van der Waals surface area (Å²) in [6.07, 6.45) is 6.80. The predicted molar refractivity (Wildman–Crippen MR) is 113 cm³/mol. The minimum atomic E-state index is 0.251. The van der Waals surface area contributed by atoms with Gasteiger partial charge in [-0.25, -0.2) is 0 Å². The molecule has 2 aromatic carbocycles. The fourth-order valence-corrected chi connectivity index (χ4v) is 4.70. The molecule has 2 heterocycles. The lowest BCUT2D eigenvalue weighted by molar-refractivity contribution is -0.0614. The minimum absolute atomic E-state index is 0.251. The molecule has 1 N–H and O–H groups in total. The van der Waals surface area contributed by atoms with Crippen molar-refractivity contribution in [3.63, 3.8) is 0 Å². The molecule has 2 saturated heterocycles. The van der Waals surface area contributed by atoms with Gasteiger partial charge in [0.25, 0.3) is 0 Å². The molecule has 142 valence electrons. The topological polar surface area (TPSA) is 26.7 Å². The SMILES string of the molecule is CN1CCCCN2[C@H](CO)[C@@H](c3ccc(/C=C/c4ccccc4)cc3)[C@H]2C1. The Morgan fingerprint density at radius 3 is 2.30 bits per heavy atom. The maximum atomic E-state index is 9.98.